The van der Waals surface area contributed by atoms with Gasteiger partial charge < -0.3 is 14.4 Å². The number of ether oxygens (including phenoxy) is 1. The van der Waals surface area contributed by atoms with Gasteiger partial charge in [0, 0.05) is 29.1 Å². The summed E-state index contributed by atoms with van der Waals surface area (Å²) in [6, 6.07) is 28.2. The van der Waals surface area contributed by atoms with E-state index in [0.717, 1.165) is 51.1 Å². The predicted octanol–water partition coefficient (Wildman–Crippen LogP) is 6.45. The summed E-state index contributed by atoms with van der Waals surface area (Å²) in [5.74, 6) is -0.405. The zero-order valence-electron chi connectivity index (χ0n) is 20.1. The van der Waals surface area contributed by atoms with E-state index in [-0.39, 0.29) is 5.69 Å². The van der Waals surface area contributed by atoms with E-state index in [9.17, 15) is 14.7 Å². The number of aromatic nitrogens is 3. The van der Waals surface area contributed by atoms with Gasteiger partial charge in [0.15, 0.2) is 0 Å². The summed E-state index contributed by atoms with van der Waals surface area (Å²) >= 11 is 1.15. The number of rotatable bonds is 8. The van der Waals surface area contributed by atoms with Gasteiger partial charge >= 0.3 is 5.97 Å². The normalized spacial score (nSPS) is 11.2. The molecule has 0 atom stereocenters. The molecule has 0 aliphatic carbocycles. The molecule has 0 aliphatic rings. The van der Waals surface area contributed by atoms with Crippen molar-refractivity contribution in [3.8, 4) is 16.9 Å². The molecule has 2 heterocycles. The van der Waals surface area contributed by atoms with Crippen LogP contribution in [0.3, 0.4) is 0 Å². The Balaban J connectivity index is 1.50. The molecular weight excluding hydrogens is 498 g/mol. The van der Waals surface area contributed by atoms with Gasteiger partial charge in [0.25, 0.3) is 0 Å². The summed E-state index contributed by atoms with van der Waals surface area (Å²) in [4.78, 5) is 23.9. The molecule has 4 aromatic carbocycles. The van der Waals surface area contributed by atoms with Gasteiger partial charge in [-0.1, -0.05) is 60.7 Å². The Labute approximate surface area is 221 Å². The molecule has 1 N–H and O–H groups in total. The van der Waals surface area contributed by atoms with Crippen LogP contribution < -0.4 is 4.74 Å². The van der Waals surface area contributed by atoms with Crippen LogP contribution in [0.25, 0.3) is 33.1 Å². The van der Waals surface area contributed by atoms with Gasteiger partial charge in [0.05, 0.1) is 17.2 Å². The topological polar surface area (TPSA) is 94.3 Å². The van der Waals surface area contributed by atoms with Crippen molar-refractivity contribution in [2.24, 2.45) is 0 Å². The van der Waals surface area contributed by atoms with E-state index in [4.69, 9.17) is 4.74 Å². The fraction of sp³-hybridized carbons (Fsp3) is 0.0667. The molecule has 6 rings (SSSR count). The van der Waals surface area contributed by atoms with Gasteiger partial charge in [-0.15, -0.1) is 0 Å². The van der Waals surface area contributed by atoms with Crippen LogP contribution in [0.5, 0.6) is 5.75 Å². The van der Waals surface area contributed by atoms with E-state index in [1.807, 2.05) is 66.7 Å². The highest BCUT2D eigenvalue weighted by molar-refractivity contribution is 7.00. The van der Waals surface area contributed by atoms with E-state index in [0.29, 0.717) is 35.6 Å². The lowest BCUT2D eigenvalue weighted by Crippen LogP contribution is -2.10. The minimum Gasteiger partial charge on any atom is -0.489 e. The Bertz CT molecular complexity index is 1790. The molecule has 0 saturated carbocycles. The summed E-state index contributed by atoms with van der Waals surface area (Å²) in [6.45, 7) is 0.715. The Morgan fingerprint density at radius 1 is 0.895 bits per heavy atom. The van der Waals surface area contributed by atoms with Crippen LogP contribution >= 0.6 is 11.7 Å². The number of nitrogens with zero attached hydrogens (tertiary/aromatic N) is 3. The second kappa shape index (κ2) is 9.91. The van der Waals surface area contributed by atoms with Crippen molar-refractivity contribution in [3.05, 3.63) is 113 Å². The van der Waals surface area contributed by atoms with Crippen molar-refractivity contribution >= 4 is 45.9 Å². The third kappa shape index (κ3) is 4.42. The number of aldehydes is 1. The number of carboxylic acids is 1. The summed E-state index contributed by atoms with van der Waals surface area (Å²) in [5, 5.41) is 11.2. The number of carbonyl (C=O) groups is 2. The van der Waals surface area contributed by atoms with Gasteiger partial charge in [-0.05, 0) is 41.0 Å². The van der Waals surface area contributed by atoms with Crippen LogP contribution in [0.1, 0.15) is 32.0 Å². The molecule has 2 aromatic heterocycles. The summed E-state index contributed by atoms with van der Waals surface area (Å²) < 4.78 is 16.5. The van der Waals surface area contributed by atoms with Gasteiger partial charge in [0.2, 0.25) is 0 Å². The maximum Gasteiger partial charge on any atom is 0.353 e. The molecule has 7 nitrogen and oxygen atoms in total. The third-order valence-corrected chi connectivity index (χ3v) is 7.04. The average molecular weight is 520 g/mol. The number of hydrogen-bond acceptors (Lipinski definition) is 6. The fourth-order valence-electron chi connectivity index (χ4n) is 4.68. The summed E-state index contributed by atoms with van der Waals surface area (Å²) in [6.07, 6.45) is 0.769. The number of aromatic carboxylic acids is 1. The molecule has 8 heteroatoms. The van der Waals surface area contributed by atoms with Crippen LogP contribution in [0.2, 0.25) is 0 Å². The van der Waals surface area contributed by atoms with Crippen LogP contribution in [0.4, 0.5) is 0 Å². The number of fused-ring (bicyclic) bond motifs is 2. The number of benzene rings is 4. The van der Waals surface area contributed by atoms with Crippen LogP contribution in [0, 0.1) is 0 Å². The Morgan fingerprint density at radius 2 is 1.68 bits per heavy atom. The molecule has 0 radical (unpaired) electrons. The van der Waals surface area contributed by atoms with E-state index in [1.165, 1.54) is 0 Å². The van der Waals surface area contributed by atoms with Crippen LogP contribution in [0.15, 0.2) is 91.0 Å². The van der Waals surface area contributed by atoms with Crippen molar-refractivity contribution in [1.82, 2.24) is 13.3 Å². The SMILES string of the molecule is O=Cc1ccc(-c2c(C(=O)O)n(Cc3ccc4nsnc4c3)c3cc(OCc4ccccc4)ccc23)cc1. The minimum atomic E-state index is -1.04. The molecule has 0 amide bonds. The van der Waals surface area contributed by atoms with Crippen molar-refractivity contribution < 1.29 is 19.4 Å². The zero-order valence-corrected chi connectivity index (χ0v) is 20.9. The van der Waals surface area contributed by atoms with Crippen molar-refractivity contribution in [3.63, 3.8) is 0 Å². The monoisotopic (exact) mass is 519 g/mol. The molecule has 0 saturated heterocycles. The summed E-state index contributed by atoms with van der Waals surface area (Å²) in [7, 11) is 0. The molecule has 0 spiro atoms. The molecule has 0 aliphatic heterocycles. The first-order valence-corrected chi connectivity index (χ1v) is 12.7. The highest BCUT2D eigenvalue weighted by Gasteiger charge is 2.24. The largest absolute Gasteiger partial charge is 0.489 e. The maximum absolute atomic E-state index is 12.7. The second-order valence-electron chi connectivity index (χ2n) is 8.90. The number of carboxylic acid groups (broad SMARTS) is 1. The number of hydrogen-bond donors (Lipinski definition) is 1. The first-order chi connectivity index (χ1) is 18.6. The van der Waals surface area contributed by atoms with Crippen molar-refractivity contribution in [2.75, 3.05) is 0 Å². The number of carbonyl (C=O) groups excluding carboxylic acids is 1. The molecule has 0 unspecified atom stereocenters. The molecular formula is C30H21N3O4S. The van der Waals surface area contributed by atoms with Gasteiger partial charge in [-0.3, -0.25) is 4.79 Å². The van der Waals surface area contributed by atoms with Crippen LogP contribution in [-0.2, 0) is 13.2 Å². The molecule has 0 fully saturated rings. The lowest BCUT2D eigenvalue weighted by atomic mass is 10.0. The quantitative estimate of drug-likeness (QED) is 0.232. The Morgan fingerprint density at radius 3 is 2.45 bits per heavy atom. The Kier molecular flexibility index (Phi) is 6.15. The molecule has 6 aromatic rings. The van der Waals surface area contributed by atoms with Crippen molar-refractivity contribution in [1.29, 1.82) is 0 Å². The first kappa shape index (κ1) is 23.6. The maximum atomic E-state index is 12.7. The molecule has 186 valence electrons. The van der Waals surface area contributed by atoms with E-state index < -0.39 is 5.97 Å². The molecule has 38 heavy (non-hydrogen) atoms. The highest BCUT2D eigenvalue weighted by Crippen LogP contribution is 2.38. The average Bonchev–Trinajstić information content (AvgIpc) is 3.55. The Hall–Kier alpha value is -4.82. The standard InChI is InChI=1S/C30H21N3O4S/c34-17-19-6-9-22(10-7-19)28-24-12-11-23(37-18-20-4-2-1-3-5-20)15-27(24)33(29(28)30(35)36)16-21-8-13-25-26(14-21)32-38-31-25/h1-15,17H,16,18H2,(H,35,36). The third-order valence-electron chi connectivity index (χ3n) is 6.48. The smallest absolute Gasteiger partial charge is 0.353 e. The predicted molar refractivity (Wildman–Crippen MR) is 147 cm³/mol. The van der Waals surface area contributed by atoms with Gasteiger partial charge in [-0.2, -0.15) is 8.75 Å². The van der Waals surface area contributed by atoms with Gasteiger partial charge in [-0.25, -0.2) is 4.79 Å². The zero-order chi connectivity index (χ0) is 26.1. The minimum absolute atomic E-state index is 0.163. The van der Waals surface area contributed by atoms with E-state index in [1.54, 1.807) is 28.8 Å². The first-order valence-electron chi connectivity index (χ1n) is 11.9. The van der Waals surface area contributed by atoms with E-state index in [2.05, 4.69) is 8.75 Å². The molecule has 0 bridgehead atoms. The lowest BCUT2D eigenvalue weighted by molar-refractivity contribution is 0.0687. The van der Waals surface area contributed by atoms with Crippen LogP contribution in [-0.4, -0.2) is 30.7 Å². The second-order valence-corrected chi connectivity index (χ2v) is 9.42. The van der Waals surface area contributed by atoms with Crippen molar-refractivity contribution in [2.45, 2.75) is 13.2 Å². The van der Waals surface area contributed by atoms with E-state index >= 15 is 0 Å². The summed E-state index contributed by atoms with van der Waals surface area (Å²) in [5.41, 5.74) is 6.26. The fourth-order valence-corrected chi connectivity index (χ4v) is 5.19. The van der Waals surface area contributed by atoms with Gasteiger partial charge in [0.1, 0.15) is 35.4 Å². The lowest BCUT2D eigenvalue weighted by Gasteiger charge is -2.11. The highest BCUT2D eigenvalue weighted by atomic mass is 32.1.